The number of hydrogen-bond donors (Lipinski definition) is 1. The van der Waals surface area contributed by atoms with E-state index < -0.39 is 0 Å². The smallest absolute Gasteiger partial charge is 0.339 e. The first kappa shape index (κ1) is 18.1. The maximum atomic E-state index is 12.4. The van der Waals surface area contributed by atoms with Crippen LogP contribution in [0.2, 0.25) is 0 Å². The Hall–Kier alpha value is -1.20. The summed E-state index contributed by atoms with van der Waals surface area (Å²) >= 11 is 1.66. The van der Waals surface area contributed by atoms with Gasteiger partial charge in [0.15, 0.2) is 0 Å². The Bertz CT molecular complexity index is 522. The third-order valence-corrected chi connectivity index (χ3v) is 5.50. The van der Waals surface area contributed by atoms with Crippen molar-refractivity contribution in [3.05, 3.63) is 23.8 Å². The van der Waals surface area contributed by atoms with Crippen molar-refractivity contribution >= 4 is 23.4 Å². The third-order valence-electron chi connectivity index (χ3n) is 4.24. The highest BCUT2D eigenvalue weighted by Gasteiger charge is 2.19. The highest BCUT2D eigenvalue weighted by Crippen LogP contribution is 2.26. The number of carbonyl (C=O) groups excluding carboxylic acids is 1. The molecule has 4 nitrogen and oxygen atoms in total. The molecule has 23 heavy (non-hydrogen) atoms. The van der Waals surface area contributed by atoms with E-state index in [-0.39, 0.29) is 5.97 Å². The molecule has 1 heterocycles. The predicted octanol–water partition coefficient (Wildman–Crippen LogP) is 3.80. The van der Waals surface area contributed by atoms with Crippen molar-refractivity contribution in [2.45, 2.75) is 50.5 Å². The second-order valence-electron chi connectivity index (χ2n) is 6.12. The van der Waals surface area contributed by atoms with Gasteiger partial charge >= 0.3 is 5.97 Å². The van der Waals surface area contributed by atoms with E-state index in [1.165, 1.54) is 19.3 Å². The number of anilines is 1. The van der Waals surface area contributed by atoms with Crippen molar-refractivity contribution < 1.29 is 9.53 Å². The van der Waals surface area contributed by atoms with Gasteiger partial charge in [0, 0.05) is 23.2 Å². The molecule has 1 atom stereocenters. The largest absolute Gasteiger partial charge is 0.461 e. The van der Waals surface area contributed by atoms with Crippen molar-refractivity contribution in [3.8, 4) is 0 Å². The molecular formula is C18H28N2O2S. The number of rotatable bonds is 7. The van der Waals surface area contributed by atoms with Gasteiger partial charge in [0.2, 0.25) is 0 Å². The van der Waals surface area contributed by atoms with E-state index in [1.807, 2.05) is 6.07 Å². The van der Waals surface area contributed by atoms with Crippen LogP contribution >= 0.6 is 11.8 Å². The summed E-state index contributed by atoms with van der Waals surface area (Å²) in [5, 5.41) is 0. The maximum absolute atomic E-state index is 12.4. The Morgan fingerprint density at radius 3 is 3.00 bits per heavy atom. The average Bonchev–Trinajstić information content (AvgIpc) is 2.54. The number of hydrogen-bond acceptors (Lipinski definition) is 5. The van der Waals surface area contributed by atoms with Crippen molar-refractivity contribution in [2.75, 3.05) is 31.2 Å². The maximum Gasteiger partial charge on any atom is 0.339 e. The van der Waals surface area contributed by atoms with Crippen LogP contribution in [-0.4, -0.2) is 42.4 Å². The van der Waals surface area contributed by atoms with Crippen molar-refractivity contribution in [1.29, 1.82) is 0 Å². The first-order valence-corrected chi connectivity index (χ1v) is 9.54. The highest BCUT2D eigenvalue weighted by molar-refractivity contribution is 7.99. The fourth-order valence-electron chi connectivity index (χ4n) is 2.86. The van der Waals surface area contributed by atoms with Crippen LogP contribution in [0.1, 0.15) is 49.9 Å². The predicted molar refractivity (Wildman–Crippen MR) is 97.0 cm³/mol. The number of esters is 1. The number of nitrogens with zero attached hydrogens (tertiary/aromatic N) is 1. The van der Waals surface area contributed by atoms with Gasteiger partial charge < -0.3 is 10.5 Å². The Morgan fingerprint density at radius 1 is 1.43 bits per heavy atom. The molecule has 0 amide bonds. The number of piperidine rings is 1. The molecule has 0 aliphatic carbocycles. The first-order valence-electron chi connectivity index (χ1n) is 8.55. The van der Waals surface area contributed by atoms with Gasteiger partial charge in [-0.15, -0.1) is 11.8 Å². The Balaban J connectivity index is 1.89. The zero-order chi connectivity index (χ0) is 16.7. The summed E-state index contributed by atoms with van der Waals surface area (Å²) in [4.78, 5) is 15.7. The van der Waals surface area contributed by atoms with E-state index >= 15 is 0 Å². The fraction of sp³-hybridized carbons (Fsp3) is 0.611. The molecule has 1 aromatic rings. The number of carbonyl (C=O) groups is 1. The number of benzene rings is 1. The molecule has 0 spiro atoms. The lowest BCUT2D eigenvalue weighted by molar-refractivity contribution is 0.0412. The average molecular weight is 337 g/mol. The molecule has 1 aliphatic rings. The van der Waals surface area contributed by atoms with Crippen molar-refractivity contribution in [1.82, 2.24) is 4.90 Å². The number of thioether (sulfide) groups is 1. The van der Waals surface area contributed by atoms with Crippen LogP contribution in [0.4, 0.5) is 5.69 Å². The van der Waals surface area contributed by atoms with E-state index in [2.05, 4.69) is 18.7 Å². The quantitative estimate of drug-likeness (QED) is 0.466. The fourth-order valence-corrected chi connectivity index (χ4v) is 3.81. The van der Waals surface area contributed by atoms with Crippen LogP contribution in [-0.2, 0) is 4.74 Å². The molecular weight excluding hydrogens is 308 g/mol. The van der Waals surface area contributed by atoms with Gasteiger partial charge in [-0.25, -0.2) is 4.79 Å². The van der Waals surface area contributed by atoms with Crippen molar-refractivity contribution in [3.63, 3.8) is 0 Å². The molecule has 5 heteroatoms. The molecule has 0 aromatic heterocycles. The first-order chi connectivity index (χ1) is 11.1. The summed E-state index contributed by atoms with van der Waals surface area (Å²) in [5.74, 6) is 0.725. The summed E-state index contributed by atoms with van der Waals surface area (Å²) in [5.41, 5.74) is 7.15. The second-order valence-corrected chi connectivity index (χ2v) is 7.26. The van der Waals surface area contributed by atoms with Crippen LogP contribution in [0.25, 0.3) is 0 Å². The number of nitrogen functional groups attached to an aromatic ring is 1. The van der Waals surface area contributed by atoms with Crippen LogP contribution in [0.15, 0.2) is 23.1 Å². The van der Waals surface area contributed by atoms with Crippen molar-refractivity contribution in [2.24, 2.45) is 0 Å². The molecule has 0 bridgehead atoms. The molecule has 2 rings (SSSR count). The van der Waals surface area contributed by atoms with E-state index in [9.17, 15) is 4.79 Å². The summed E-state index contributed by atoms with van der Waals surface area (Å²) in [6.07, 6.45) is 4.85. The summed E-state index contributed by atoms with van der Waals surface area (Å²) in [6.45, 7) is 6.75. The van der Waals surface area contributed by atoms with E-state index in [0.29, 0.717) is 23.9 Å². The van der Waals surface area contributed by atoms with E-state index in [0.717, 1.165) is 30.2 Å². The number of ether oxygens (including phenoxy) is 1. The molecule has 1 saturated heterocycles. The molecule has 2 N–H and O–H groups in total. The van der Waals surface area contributed by atoms with E-state index in [1.54, 1.807) is 23.9 Å². The molecule has 1 aliphatic heterocycles. The molecule has 1 unspecified atom stereocenters. The molecule has 128 valence electrons. The van der Waals surface area contributed by atoms with Crippen LogP contribution in [0.3, 0.4) is 0 Å². The van der Waals surface area contributed by atoms with Gasteiger partial charge in [-0.1, -0.05) is 13.3 Å². The summed E-state index contributed by atoms with van der Waals surface area (Å²) < 4.78 is 5.50. The van der Waals surface area contributed by atoms with Gasteiger partial charge in [-0.3, -0.25) is 4.90 Å². The number of nitrogens with two attached hydrogens (primary N) is 1. The Morgan fingerprint density at radius 2 is 2.26 bits per heavy atom. The summed E-state index contributed by atoms with van der Waals surface area (Å²) in [7, 11) is 0. The third kappa shape index (κ3) is 5.43. The normalized spacial score (nSPS) is 18.8. The molecule has 0 saturated carbocycles. The van der Waals surface area contributed by atoms with Gasteiger partial charge in [-0.2, -0.15) is 0 Å². The minimum atomic E-state index is -0.242. The lowest BCUT2D eigenvalue weighted by atomic mass is 10.0. The standard InChI is InChI=1S/C18H28N2O2S/c1-3-12-23-17-13-15(19)7-8-16(17)18(21)22-11-10-20-9-5-4-6-14(20)2/h7-8,13-14H,3-6,9-12,19H2,1-2H3. The number of likely N-dealkylation sites (tertiary alicyclic amines) is 1. The highest BCUT2D eigenvalue weighted by atomic mass is 32.2. The monoisotopic (exact) mass is 336 g/mol. The zero-order valence-electron chi connectivity index (χ0n) is 14.2. The van der Waals surface area contributed by atoms with Gasteiger partial charge in [0.1, 0.15) is 6.61 Å². The zero-order valence-corrected chi connectivity index (χ0v) is 15.0. The van der Waals surface area contributed by atoms with Crippen LogP contribution in [0, 0.1) is 0 Å². The molecule has 1 aromatic carbocycles. The lowest BCUT2D eigenvalue weighted by Crippen LogP contribution is -2.39. The van der Waals surface area contributed by atoms with Crippen LogP contribution < -0.4 is 5.73 Å². The Kier molecular flexibility index (Phi) is 7.24. The topological polar surface area (TPSA) is 55.6 Å². The van der Waals surface area contributed by atoms with Gasteiger partial charge in [0.05, 0.1) is 5.56 Å². The van der Waals surface area contributed by atoms with Gasteiger partial charge in [-0.05, 0) is 56.7 Å². The lowest BCUT2D eigenvalue weighted by Gasteiger charge is -2.32. The minimum Gasteiger partial charge on any atom is -0.461 e. The van der Waals surface area contributed by atoms with Crippen LogP contribution in [0.5, 0.6) is 0 Å². The minimum absolute atomic E-state index is 0.242. The molecule has 1 fully saturated rings. The van der Waals surface area contributed by atoms with E-state index in [4.69, 9.17) is 10.5 Å². The SMILES string of the molecule is CCCSc1cc(N)ccc1C(=O)OCCN1CCCCC1C. The van der Waals surface area contributed by atoms with Gasteiger partial charge in [0.25, 0.3) is 0 Å². The second kappa shape index (κ2) is 9.18. The molecule has 0 radical (unpaired) electrons. The summed E-state index contributed by atoms with van der Waals surface area (Å²) in [6, 6.07) is 6.00. The Labute approximate surface area is 143 Å².